The summed E-state index contributed by atoms with van der Waals surface area (Å²) in [5.74, 6) is 1.41. The molecule has 1 aliphatic rings. The number of ether oxygens (including phenoxy) is 1. The fourth-order valence-corrected chi connectivity index (χ4v) is 11.9. The molecule has 1 aliphatic heterocycles. The zero-order valence-electron chi connectivity index (χ0n) is 23.6. The number of rotatable bonds is 7. The predicted molar refractivity (Wildman–Crippen MR) is 159 cm³/mol. The number of benzene rings is 3. The topological polar surface area (TPSA) is 29.5 Å². The maximum absolute atomic E-state index is 14.4. The lowest BCUT2D eigenvalue weighted by molar-refractivity contribution is -0.116. The van der Waals surface area contributed by atoms with Crippen LogP contribution in [0, 0.1) is 0 Å². The van der Waals surface area contributed by atoms with Crippen LogP contribution in [0.1, 0.15) is 66.9 Å². The predicted octanol–water partition coefficient (Wildman–Crippen LogP) is 9.64. The largest absolute Gasteiger partial charge is 0.449 e. The van der Waals surface area contributed by atoms with Gasteiger partial charge >= 0.3 is 0 Å². The summed E-state index contributed by atoms with van der Waals surface area (Å²) in [7, 11) is -2.08. The maximum Gasteiger partial charge on any atom is 0.297 e. The summed E-state index contributed by atoms with van der Waals surface area (Å²) in [4.78, 5) is 16.3. The van der Waals surface area contributed by atoms with Gasteiger partial charge in [-0.1, -0.05) is 116 Å². The van der Waals surface area contributed by atoms with Gasteiger partial charge in [0.2, 0.25) is 0 Å². The molecule has 0 atom stereocenters. The van der Waals surface area contributed by atoms with E-state index in [1.54, 1.807) is 0 Å². The summed E-state index contributed by atoms with van der Waals surface area (Å²) in [5, 5.41) is 0. The summed E-state index contributed by atoms with van der Waals surface area (Å²) in [6.07, 6.45) is 0. The molecule has 0 radical (unpaired) electrons. The second-order valence-electron chi connectivity index (χ2n) is 11.4. The van der Waals surface area contributed by atoms with E-state index in [-0.39, 0.29) is 11.8 Å². The Balaban J connectivity index is 2.03. The second-order valence-corrected chi connectivity index (χ2v) is 17.2. The summed E-state index contributed by atoms with van der Waals surface area (Å²) < 4.78 is 6.69. The van der Waals surface area contributed by atoms with Crippen molar-refractivity contribution in [3.8, 4) is 16.9 Å². The molecule has 1 heterocycles. The van der Waals surface area contributed by atoms with E-state index in [4.69, 9.17) is 4.74 Å². The molecule has 0 N–H and O–H groups in total. The lowest BCUT2D eigenvalue weighted by Crippen LogP contribution is -2.45. The quantitative estimate of drug-likeness (QED) is 0.233. The van der Waals surface area contributed by atoms with E-state index in [0.29, 0.717) is 22.4 Å². The summed E-state index contributed by atoms with van der Waals surface area (Å²) in [6, 6.07) is 24.7. The van der Waals surface area contributed by atoms with Crippen molar-refractivity contribution in [3.63, 3.8) is 0 Å². The van der Waals surface area contributed by atoms with Gasteiger partial charge in [0.25, 0.3) is 5.91 Å². The molecule has 3 aromatic rings. The van der Waals surface area contributed by atoms with E-state index >= 15 is 0 Å². The number of hydrogen-bond acceptors (Lipinski definition) is 2. The van der Waals surface area contributed by atoms with Crippen LogP contribution in [0.5, 0.6) is 5.75 Å². The zero-order chi connectivity index (χ0) is 26.9. The van der Waals surface area contributed by atoms with E-state index in [2.05, 4.69) is 97.5 Å². The Morgan fingerprint density at radius 1 is 0.703 bits per heavy atom. The monoisotopic (exact) mass is 511 g/mol. The van der Waals surface area contributed by atoms with E-state index in [0.717, 1.165) is 33.8 Å². The maximum atomic E-state index is 14.4. The third-order valence-electron chi connectivity index (χ3n) is 8.13. The highest BCUT2D eigenvalue weighted by Gasteiger charge is 2.44. The van der Waals surface area contributed by atoms with Gasteiger partial charge in [0.15, 0.2) is 11.5 Å². The number of anilines is 2. The van der Waals surface area contributed by atoms with Crippen molar-refractivity contribution < 1.29 is 9.53 Å². The van der Waals surface area contributed by atoms with Crippen molar-refractivity contribution in [3.05, 3.63) is 89.8 Å². The van der Waals surface area contributed by atoms with Crippen LogP contribution in [0.15, 0.2) is 84.3 Å². The van der Waals surface area contributed by atoms with Crippen LogP contribution in [-0.4, -0.2) is 14.0 Å². The fourth-order valence-electron chi connectivity index (χ4n) is 6.26. The Morgan fingerprint density at radius 3 is 1.86 bits per heavy atom. The summed E-state index contributed by atoms with van der Waals surface area (Å²) in [6.45, 7) is 18.2. The molecular weight excluding hydrogens is 470 g/mol. The minimum absolute atomic E-state index is 0.0790. The SMILES string of the molecule is CC(C)c1ccccc1N1C(=O)/C(=C/[Si](C(C)C)(C(C)C)C(C)C)Oc2c(-c3ccccc3)cccc21. The minimum atomic E-state index is -2.08. The van der Waals surface area contributed by atoms with E-state index < -0.39 is 8.07 Å². The van der Waals surface area contributed by atoms with Crippen LogP contribution in [0.2, 0.25) is 16.6 Å². The van der Waals surface area contributed by atoms with Gasteiger partial charge in [0, 0.05) is 5.56 Å². The van der Waals surface area contributed by atoms with Gasteiger partial charge in [0.1, 0.15) is 0 Å². The average molecular weight is 512 g/mol. The number of carbonyl (C=O) groups excluding carboxylic acids is 1. The third-order valence-corrected chi connectivity index (χ3v) is 14.9. The van der Waals surface area contributed by atoms with E-state index in [1.807, 2.05) is 41.3 Å². The number of hydrogen-bond donors (Lipinski definition) is 0. The lowest BCUT2D eigenvalue weighted by Gasteiger charge is -2.42. The Kier molecular flexibility index (Phi) is 7.79. The molecule has 1 amide bonds. The first-order valence-corrected chi connectivity index (χ1v) is 15.9. The van der Waals surface area contributed by atoms with Crippen LogP contribution in [0.25, 0.3) is 11.1 Å². The van der Waals surface area contributed by atoms with Gasteiger partial charge < -0.3 is 4.74 Å². The van der Waals surface area contributed by atoms with Gasteiger partial charge in [-0.05, 0) is 51.5 Å². The Bertz CT molecular complexity index is 1270. The normalized spacial score (nSPS) is 15.2. The number of amides is 1. The number of carbonyl (C=O) groups is 1. The minimum Gasteiger partial charge on any atom is -0.449 e. The standard InChI is InChI=1S/C33H41NO2Si/c1-22(2)27-17-12-13-19-29(27)34-30-20-14-18-28(26-15-10-9-11-16-26)32(30)36-31(33(34)35)21-37(23(3)4,24(5)6)25(7)8/h9-25H,1-8H3/b31-21-. The lowest BCUT2D eigenvalue weighted by atomic mass is 9.98. The van der Waals surface area contributed by atoms with Crippen LogP contribution in [-0.2, 0) is 4.79 Å². The number of nitrogens with zero attached hydrogens (tertiary/aromatic N) is 1. The first kappa shape index (κ1) is 26.9. The Hall–Kier alpha value is -3.11. The van der Waals surface area contributed by atoms with Crippen molar-refractivity contribution in [2.75, 3.05) is 4.90 Å². The van der Waals surface area contributed by atoms with Crippen molar-refractivity contribution in [2.24, 2.45) is 0 Å². The number of fused-ring (bicyclic) bond motifs is 1. The van der Waals surface area contributed by atoms with Crippen LogP contribution in [0.4, 0.5) is 11.4 Å². The van der Waals surface area contributed by atoms with E-state index in [1.165, 1.54) is 0 Å². The van der Waals surface area contributed by atoms with Gasteiger partial charge in [-0.15, -0.1) is 0 Å². The molecule has 0 spiro atoms. The van der Waals surface area contributed by atoms with Gasteiger partial charge in [-0.3, -0.25) is 9.69 Å². The highest BCUT2D eigenvalue weighted by atomic mass is 28.3. The highest BCUT2D eigenvalue weighted by molar-refractivity contribution is 6.88. The molecule has 0 fully saturated rings. The molecule has 4 heteroatoms. The zero-order valence-corrected chi connectivity index (χ0v) is 24.6. The molecule has 4 rings (SSSR count). The van der Waals surface area contributed by atoms with Gasteiger partial charge in [-0.2, -0.15) is 0 Å². The molecule has 37 heavy (non-hydrogen) atoms. The van der Waals surface area contributed by atoms with Gasteiger partial charge in [-0.25, -0.2) is 0 Å². The molecule has 3 nitrogen and oxygen atoms in total. The van der Waals surface area contributed by atoms with Gasteiger partial charge in [0.05, 0.1) is 19.4 Å². The smallest absolute Gasteiger partial charge is 0.297 e. The van der Waals surface area contributed by atoms with Crippen LogP contribution in [0.3, 0.4) is 0 Å². The summed E-state index contributed by atoms with van der Waals surface area (Å²) in [5.41, 5.74) is 8.63. The fraction of sp³-hybridized carbons (Fsp3) is 0.364. The molecule has 0 bridgehead atoms. The molecule has 0 aromatic heterocycles. The van der Waals surface area contributed by atoms with E-state index in [9.17, 15) is 4.79 Å². The first-order valence-electron chi connectivity index (χ1n) is 13.6. The molecule has 0 saturated heterocycles. The molecule has 0 unspecified atom stereocenters. The molecule has 194 valence electrons. The van der Waals surface area contributed by atoms with Crippen LogP contribution >= 0.6 is 0 Å². The molecule has 0 aliphatic carbocycles. The number of para-hydroxylation sites is 2. The van der Waals surface area contributed by atoms with Crippen molar-refractivity contribution in [1.29, 1.82) is 0 Å². The van der Waals surface area contributed by atoms with Crippen LogP contribution < -0.4 is 9.64 Å². The summed E-state index contributed by atoms with van der Waals surface area (Å²) >= 11 is 0. The average Bonchev–Trinajstić information content (AvgIpc) is 2.87. The third kappa shape index (κ3) is 4.80. The molecule has 0 saturated carbocycles. The Morgan fingerprint density at radius 2 is 1.27 bits per heavy atom. The molecular formula is C33H41NO2Si. The van der Waals surface area contributed by atoms with Crippen molar-refractivity contribution in [1.82, 2.24) is 0 Å². The Labute approximate surface area is 224 Å². The highest BCUT2D eigenvalue weighted by Crippen LogP contribution is 2.49. The van der Waals surface area contributed by atoms with Crippen molar-refractivity contribution in [2.45, 2.75) is 77.9 Å². The second kappa shape index (κ2) is 10.7. The molecule has 3 aromatic carbocycles. The van der Waals surface area contributed by atoms with Crippen molar-refractivity contribution >= 4 is 25.4 Å². The first-order chi connectivity index (χ1) is 17.6.